The van der Waals surface area contributed by atoms with Gasteiger partial charge in [-0.25, -0.2) is 4.79 Å². The number of carbonyl (C=O) groups excluding carboxylic acids is 2. The van der Waals surface area contributed by atoms with Gasteiger partial charge in [0, 0.05) is 17.2 Å². The third kappa shape index (κ3) is 2.31. The van der Waals surface area contributed by atoms with Crippen molar-refractivity contribution < 1.29 is 23.7 Å². The minimum Gasteiger partial charge on any atom is -0.480 e. The van der Waals surface area contributed by atoms with Gasteiger partial charge in [-0.3, -0.25) is 13.8 Å². The van der Waals surface area contributed by atoms with Crippen molar-refractivity contribution in [2.24, 2.45) is 0 Å². The number of carboxylic acids is 1. The van der Waals surface area contributed by atoms with Crippen LogP contribution in [0.3, 0.4) is 0 Å². The molecule has 2 amide bonds. The van der Waals surface area contributed by atoms with Crippen LogP contribution in [0, 0.1) is 0 Å². The van der Waals surface area contributed by atoms with Gasteiger partial charge >= 0.3 is 5.97 Å². The second-order valence-electron chi connectivity index (χ2n) is 4.06. The molecule has 2 aliphatic rings. The molecule has 2 N–H and O–H groups in total. The number of rotatable bonds is 2. The Labute approximate surface area is 99.6 Å². The smallest absolute Gasteiger partial charge is 0.327 e. The van der Waals surface area contributed by atoms with Crippen molar-refractivity contribution >= 4 is 28.6 Å². The predicted molar refractivity (Wildman–Crippen MR) is 57.3 cm³/mol. The van der Waals surface area contributed by atoms with E-state index in [0.717, 1.165) is 4.90 Å². The van der Waals surface area contributed by atoms with Crippen LogP contribution in [-0.4, -0.2) is 55.7 Å². The number of nitrogens with one attached hydrogen (secondary N) is 1. The molecule has 0 bridgehead atoms. The van der Waals surface area contributed by atoms with Crippen molar-refractivity contribution in [3.05, 3.63) is 0 Å². The maximum absolute atomic E-state index is 12.0. The zero-order valence-electron chi connectivity index (χ0n) is 8.92. The first-order valence-electron chi connectivity index (χ1n) is 5.16. The summed E-state index contributed by atoms with van der Waals surface area (Å²) in [5.74, 6) is -1.93. The van der Waals surface area contributed by atoms with Gasteiger partial charge in [-0.1, -0.05) is 0 Å². The summed E-state index contributed by atoms with van der Waals surface area (Å²) >= 11 is 0. The van der Waals surface area contributed by atoms with Crippen LogP contribution in [0.15, 0.2) is 0 Å². The largest absolute Gasteiger partial charge is 0.480 e. The number of hydrogen-bond donors (Lipinski definition) is 2. The second-order valence-corrected chi connectivity index (χ2v) is 5.53. The fourth-order valence-electron chi connectivity index (χ4n) is 1.99. The lowest BCUT2D eigenvalue weighted by molar-refractivity contribution is -0.148. The highest BCUT2D eigenvalue weighted by molar-refractivity contribution is 7.85. The van der Waals surface area contributed by atoms with Crippen molar-refractivity contribution in [1.82, 2.24) is 10.2 Å². The average molecular weight is 260 g/mol. The maximum Gasteiger partial charge on any atom is 0.327 e. The van der Waals surface area contributed by atoms with Gasteiger partial charge in [-0.15, -0.1) is 0 Å². The topological polar surface area (TPSA) is 104 Å². The summed E-state index contributed by atoms with van der Waals surface area (Å²) in [5, 5.41) is 11.4. The number of hydrogen-bond acceptors (Lipinski definition) is 4. The first-order chi connectivity index (χ1) is 7.99. The molecule has 0 saturated carbocycles. The summed E-state index contributed by atoms with van der Waals surface area (Å²) in [6.45, 7) is 0. The SMILES string of the molecule is O=C1CCC(C(=O)N2CS(=O)CC2C(=O)O)N1. The van der Waals surface area contributed by atoms with Gasteiger partial charge in [0.2, 0.25) is 11.8 Å². The molecule has 2 saturated heterocycles. The fourth-order valence-corrected chi connectivity index (χ4v) is 3.38. The molecule has 0 spiro atoms. The van der Waals surface area contributed by atoms with E-state index in [-0.39, 0.29) is 24.0 Å². The van der Waals surface area contributed by atoms with E-state index < -0.39 is 34.8 Å². The van der Waals surface area contributed by atoms with Crippen molar-refractivity contribution in [2.75, 3.05) is 11.6 Å². The quantitative estimate of drug-likeness (QED) is 0.614. The van der Waals surface area contributed by atoms with Crippen molar-refractivity contribution in [3.8, 4) is 0 Å². The van der Waals surface area contributed by atoms with Crippen LogP contribution in [0.1, 0.15) is 12.8 Å². The van der Waals surface area contributed by atoms with Gasteiger partial charge in [-0.2, -0.15) is 0 Å². The molecule has 0 radical (unpaired) electrons. The third-order valence-corrected chi connectivity index (χ3v) is 4.12. The molecular weight excluding hydrogens is 248 g/mol. The Bertz CT molecular complexity index is 410. The van der Waals surface area contributed by atoms with Gasteiger partial charge < -0.3 is 15.3 Å². The highest BCUT2D eigenvalue weighted by atomic mass is 32.2. The molecule has 17 heavy (non-hydrogen) atoms. The minimum atomic E-state index is -1.32. The zero-order chi connectivity index (χ0) is 12.6. The van der Waals surface area contributed by atoms with E-state index in [4.69, 9.17) is 5.11 Å². The molecule has 3 atom stereocenters. The molecule has 2 fully saturated rings. The number of carbonyl (C=O) groups is 3. The van der Waals surface area contributed by atoms with Gasteiger partial charge in [0.15, 0.2) is 0 Å². The van der Waals surface area contributed by atoms with E-state index in [9.17, 15) is 18.6 Å². The normalized spacial score (nSPS) is 32.6. The van der Waals surface area contributed by atoms with Crippen LogP contribution in [-0.2, 0) is 25.2 Å². The summed E-state index contributed by atoms with van der Waals surface area (Å²) in [6.07, 6.45) is 0.637. The zero-order valence-corrected chi connectivity index (χ0v) is 9.74. The van der Waals surface area contributed by atoms with E-state index in [0.29, 0.717) is 6.42 Å². The summed E-state index contributed by atoms with van der Waals surface area (Å²) in [4.78, 5) is 35.0. The van der Waals surface area contributed by atoms with E-state index in [2.05, 4.69) is 5.32 Å². The van der Waals surface area contributed by atoms with Crippen LogP contribution in [0.4, 0.5) is 0 Å². The molecule has 0 aromatic carbocycles. The number of nitrogens with zero attached hydrogens (tertiary/aromatic N) is 1. The van der Waals surface area contributed by atoms with E-state index in [1.54, 1.807) is 0 Å². The minimum absolute atomic E-state index is 0.0399. The number of amides is 2. The summed E-state index contributed by atoms with van der Waals surface area (Å²) < 4.78 is 11.3. The Morgan fingerprint density at radius 1 is 1.47 bits per heavy atom. The van der Waals surface area contributed by atoms with E-state index in [1.807, 2.05) is 0 Å². The van der Waals surface area contributed by atoms with Crippen LogP contribution < -0.4 is 5.32 Å². The molecular formula is C9H12N2O5S. The molecule has 8 heteroatoms. The highest BCUT2D eigenvalue weighted by Crippen LogP contribution is 2.17. The molecule has 94 valence electrons. The molecule has 2 heterocycles. The molecule has 0 aromatic heterocycles. The van der Waals surface area contributed by atoms with Crippen LogP contribution in [0.25, 0.3) is 0 Å². The average Bonchev–Trinajstić information content (AvgIpc) is 2.83. The van der Waals surface area contributed by atoms with Crippen molar-refractivity contribution in [2.45, 2.75) is 24.9 Å². The lowest BCUT2D eigenvalue weighted by Gasteiger charge is -2.23. The van der Waals surface area contributed by atoms with Crippen LogP contribution in [0.2, 0.25) is 0 Å². The second kappa shape index (κ2) is 4.44. The lowest BCUT2D eigenvalue weighted by Crippen LogP contribution is -2.49. The first kappa shape index (κ1) is 12.0. The number of aliphatic carboxylic acids is 1. The summed E-state index contributed by atoms with van der Waals surface area (Å²) in [5.41, 5.74) is 0. The van der Waals surface area contributed by atoms with Gasteiger partial charge in [0.1, 0.15) is 12.1 Å². The Balaban J connectivity index is 2.10. The standard InChI is InChI=1S/C9H12N2O5S/c12-7-2-1-5(10-7)8(13)11-4-17(16)3-6(11)9(14)15/h5-6H,1-4H2,(H,10,12)(H,14,15). The Morgan fingerprint density at radius 3 is 2.71 bits per heavy atom. The van der Waals surface area contributed by atoms with Crippen molar-refractivity contribution in [3.63, 3.8) is 0 Å². The van der Waals surface area contributed by atoms with Crippen LogP contribution in [0.5, 0.6) is 0 Å². The molecule has 3 unspecified atom stereocenters. The molecule has 0 aromatic rings. The fraction of sp³-hybridized carbons (Fsp3) is 0.667. The molecule has 2 aliphatic heterocycles. The van der Waals surface area contributed by atoms with Gasteiger partial charge in [0.25, 0.3) is 0 Å². The Morgan fingerprint density at radius 2 is 2.18 bits per heavy atom. The van der Waals surface area contributed by atoms with Crippen molar-refractivity contribution in [1.29, 1.82) is 0 Å². The van der Waals surface area contributed by atoms with E-state index >= 15 is 0 Å². The molecule has 0 aliphatic carbocycles. The van der Waals surface area contributed by atoms with Gasteiger partial charge in [-0.05, 0) is 6.42 Å². The number of carboxylic acid groups (broad SMARTS) is 1. The highest BCUT2D eigenvalue weighted by Gasteiger charge is 2.42. The summed E-state index contributed by atoms with van der Waals surface area (Å²) in [6, 6.07) is -1.71. The molecule has 7 nitrogen and oxygen atoms in total. The monoisotopic (exact) mass is 260 g/mol. The predicted octanol–water partition coefficient (Wildman–Crippen LogP) is -1.73. The Kier molecular flexibility index (Phi) is 3.14. The first-order valence-corrected chi connectivity index (χ1v) is 6.65. The maximum atomic E-state index is 12.0. The Hall–Kier alpha value is -1.44. The van der Waals surface area contributed by atoms with Crippen LogP contribution >= 0.6 is 0 Å². The third-order valence-electron chi connectivity index (χ3n) is 2.86. The lowest BCUT2D eigenvalue weighted by atomic mass is 10.2. The molecule has 2 rings (SSSR count). The van der Waals surface area contributed by atoms with Gasteiger partial charge in [0.05, 0.1) is 11.6 Å². The summed E-state index contributed by atoms with van der Waals surface area (Å²) in [7, 11) is -1.32. The van der Waals surface area contributed by atoms with E-state index in [1.165, 1.54) is 0 Å².